The van der Waals surface area contributed by atoms with Gasteiger partial charge in [-0.3, -0.25) is 4.79 Å². The average Bonchev–Trinajstić information content (AvgIpc) is 3.19. The van der Waals surface area contributed by atoms with Crippen molar-refractivity contribution in [1.82, 2.24) is 14.2 Å². The van der Waals surface area contributed by atoms with Gasteiger partial charge in [0.2, 0.25) is 10.0 Å². The molecule has 3 rings (SSSR count). The molecule has 1 aromatic rings. The summed E-state index contributed by atoms with van der Waals surface area (Å²) in [6.45, 7) is 3.30. The first-order chi connectivity index (χ1) is 11.4. The van der Waals surface area contributed by atoms with Crippen LogP contribution in [0.15, 0.2) is 17.2 Å². The fraction of sp³-hybridized carbons (Fsp3) is 0.706. The number of carbonyl (C=O) groups excluding carboxylic acids is 1. The highest BCUT2D eigenvalue weighted by Crippen LogP contribution is 2.25. The van der Waals surface area contributed by atoms with Crippen molar-refractivity contribution in [2.24, 2.45) is 13.0 Å². The van der Waals surface area contributed by atoms with E-state index in [1.54, 1.807) is 17.8 Å². The first-order valence-corrected chi connectivity index (χ1v) is 10.3. The lowest BCUT2D eigenvalue weighted by Gasteiger charge is -2.29. The highest BCUT2D eigenvalue weighted by atomic mass is 32.2. The third kappa shape index (κ3) is 3.37. The molecule has 1 aliphatic heterocycles. The Morgan fingerprint density at radius 1 is 1.17 bits per heavy atom. The molecule has 1 amide bonds. The topological polar surface area (TPSA) is 71.4 Å². The number of aryl methyl sites for hydroxylation is 1. The number of sulfonamides is 1. The zero-order valence-electron chi connectivity index (χ0n) is 14.5. The van der Waals surface area contributed by atoms with Gasteiger partial charge in [-0.25, -0.2) is 8.42 Å². The third-order valence-corrected chi connectivity index (χ3v) is 7.21. The summed E-state index contributed by atoms with van der Waals surface area (Å²) in [5, 5.41) is 3.09. The molecule has 7 heteroatoms. The fourth-order valence-electron chi connectivity index (χ4n) is 3.75. The van der Waals surface area contributed by atoms with Crippen LogP contribution in [0.25, 0.3) is 0 Å². The first kappa shape index (κ1) is 17.5. The molecule has 1 saturated carbocycles. The van der Waals surface area contributed by atoms with Gasteiger partial charge in [0.15, 0.2) is 0 Å². The predicted octanol–water partition coefficient (Wildman–Crippen LogP) is 2.12. The zero-order valence-corrected chi connectivity index (χ0v) is 15.3. The molecule has 2 fully saturated rings. The molecule has 2 heterocycles. The average molecular weight is 353 g/mol. The normalized spacial score (nSPS) is 25.8. The van der Waals surface area contributed by atoms with E-state index in [0.29, 0.717) is 24.7 Å². The molecule has 1 aromatic heterocycles. The Kier molecular flexibility index (Phi) is 5.01. The molecule has 0 bridgehead atoms. The van der Waals surface area contributed by atoms with E-state index in [1.165, 1.54) is 16.8 Å². The van der Waals surface area contributed by atoms with Crippen LogP contribution >= 0.6 is 0 Å². The lowest BCUT2D eigenvalue weighted by molar-refractivity contribution is 0.0902. The van der Waals surface area contributed by atoms with Crippen LogP contribution in [0.3, 0.4) is 0 Å². The number of hydrogen-bond donors (Lipinski definition) is 1. The fourth-order valence-corrected chi connectivity index (χ4v) is 5.34. The number of carbonyl (C=O) groups is 1. The minimum absolute atomic E-state index is 0.180. The molecule has 134 valence electrons. The van der Waals surface area contributed by atoms with Crippen molar-refractivity contribution in [3.05, 3.63) is 18.0 Å². The van der Waals surface area contributed by atoms with Crippen LogP contribution < -0.4 is 5.32 Å². The van der Waals surface area contributed by atoms with Gasteiger partial charge in [-0.15, -0.1) is 0 Å². The van der Waals surface area contributed by atoms with Crippen molar-refractivity contribution in [1.29, 1.82) is 0 Å². The van der Waals surface area contributed by atoms with E-state index in [-0.39, 0.29) is 16.8 Å². The van der Waals surface area contributed by atoms with E-state index >= 15 is 0 Å². The molecule has 24 heavy (non-hydrogen) atoms. The molecule has 0 unspecified atom stereocenters. The summed E-state index contributed by atoms with van der Waals surface area (Å²) < 4.78 is 28.4. The summed E-state index contributed by atoms with van der Waals surface area (Å²) in [5.74, 6) is 0.287. The lowest BCUT2D eigenvalue weighted by atomic mass is 9.86. The Hall–Kier alpha value is -1.34. The highest BCUT2D eigenvalue weighted by Gasteiger charge is 2.30. The van der Waals surface area contributed by atoms with Crippen molar-refractivity contribution >= 4 is 15.9 Å². The van der Waals surface area contributed by atoms with E-state index in [4.69, 9.17) is 0 Å². The van der Waals surface area contributed by atoms with Gasteiger partial charge < -0.3 is 9.88 Å². The smallest absolute Gasteiger partial charge is 0.268 e. The maximum atomic E-state index is 12.6. The van der Waals surface area contributed by atoms with Crippen LogP contribution in [-0.4, -0.2) is 42.3 Å². The van der Waals surface area contributed by atoms with Gasteiger partial charge in [0.25, 0.3) is 5.91 Å². The number of nitrogens with zero attached hydrogens (tertiary/aromatic N) is 2. The van der Waals surface area contributed by atoms with Gasteiger partial charge in [0, 0.05) is 32.4 Å². The molecule has 0 aromatic carbocycles. The summed E-state index contributed by atoms with van der Waals surface area (Å²) >= 11 is 0. The second kappa shape index (κ2) is 6.88. The Morgan fingerprint density at radius 3 is 2.50 bits per heavy atom. The number of aromatic nitrogens is 1. The second-order valence-corrected chi connectivity index (χ2v) is 9.06. The summed E-state index contributed by atoms with van der Waals surface area (Å²) in [6, 6.07) is 1.69. The van der Waals surface area contributed by atoms with Gasteiger partial charge >= 0.3 is 0 Å². The Morgan fingerprint density at radius 2 is 1.83 bits per heavy atom. The minimum Gasteiger partial charge on any atom is -0.348 e. The molecule has 1 N–H and O–H groups in total. The van der Waals surface area contributed by atoms with Gasteiger partial charge in [0.1, 0.15) is 10.6 Å². The molecule has 0 spiro atoms. The van der Waals surface area contributed by atoms with E-state index in [9.17, 15) is 13.2 Å². The van der Waals surface area contributed by atoms with E-state index < -0.39 is 10.0 Å². The van der Waals surface area contributed by atoms with Crippen LogP contribution in [0.2, 0.25) is 0 Å². The number of amides is 1. The molecule has 2 aliphatic rings. The van der Waals surface area contributed by atoms with Crippen LogP contribution in [0, 0.1) is 5.92 Å². The molecular weight excluding hydrogens is 326 g/mol. The number of rotatable bonds is 4. The summed E-state index contributed by atoms with van der Waals surface area (Å²) in [7, 11) is -1.76. The third-order valence-electron chi connectivity index (χ3n) is 5.34. The van der Waals surface area contributed by atoms with Crippen molar-refractivity contribution < 1.29 is 13.2 Å². The van der Waals surface area contributed by atoms with Crippen LogP contribution in [0.4, 0.5) is 0 Å². The predicted molar refractivity (Wildman–Crippen MR) is 92.3 cm³/mol. The van der Waals surface area contributed by atoms with Gasteiger partial charge in [0.05, 0.1) is 0 Å². The maximum Gasteiger partial charge on any atom is 0.268 e. The Bertz CT molecular complexity index is 705. The quantitative estimate of drug-likeness (QED) is 0.901. The van der Waals surface area contributed by atoms with Crippen LogP contribution in [0.5, 0.6) is 0 Å². The number of nitrogens with one attached hydrogen (secondary N) is 1. The maximum absolute atomic E-state index is 12.6. The van der Waals surface area contributed by atoms with Gasteiger partial charge in [-0.2, -0.15) is 4.31 Å². The molecule has 6 nitrogen and oxygen atoms in total. The summed E-state index contributed by atoms with van der Waals surface area (Å²) in [4.78, 5) is 12.8. The summed E-state index contributed by atoms with van der Waals surface area (Å²) in [6.07, 6.45) is 7.83. The van der Waals surface area contributed by atoms with E-state index in [1.807, 2.05) is 0 Å². The van der Waals surface area contributed by atoms with Crippen molar-refractivity contribution in [2.45, 2.75) is 56.4 Å². The summed E-state index contributed by atoms with van der Waals surface area (Å²) in [5.41, 5.74) is 0.408. The standard InChI is InChI=1S/C17H27N3O3S/c1-13-7-3-4-8-15(13)18-17(21)16-11-14(12-19(16)2)24(22,23)20-9-5-6-10-20/h11-13,15H,3-10H2,1-2H3,(H,18,21)/t13-,15-/m0/s1. The van der Waals surface area contributed by atoms with E-state index in [0.717, 1.165) is 32.1 Å². The second-order valence-electron chi connectivity index (χ2n) is 7.12. The van der Waals surface area contributed by atoms with Crippen LogP contribution in [0.1, 0.15) is 55.9 Å². The van der Waals surface area contributed by atoms with Crippen molar-refractivity contribution in [3.63, 3.8) is 0 Å². The van der Waals surface area contributed by atoms with Crippen LogP contribution in [-0.2, 0) is 17.1 Å². The Balaban J connectivity index is 1.77. The Labute approximate surface area is 144 Å². The van der Waals surface area contributed by atoms with Crippen molar-refractivity contribution in [2.75, 3.05) is 13.1 Å². The van der Waals surface area contributed by atoms with Crippen molar-refractivity contribution in [3.8, 4) is 0 Å². The largest absolute Gasteiger partial charge is 0.348 e. The molecule has 0 radical (unpaired) electrons. The van der Waals surface area contributed by atoms with E-state index in [2.05, 4.69) is 12.2 Å². The monoisotopic (exact) mass is 353 g/mol. The molecule has 2 atom stereocenters. The molecule has 1 saturated heterocycles. The highest BCUT2D eigenvalue weighted by molar-refractivity contribution is 7.89. The molecule has 1 aliphatic carbocycles. The molecular formula is C17H27N3O3S. The lowest BCUT2D eigenvalue weighted by Crippen LogP contribution is -2.41. The minimum atomic E-state index is -3.49. The number of hydrogen-bond acceptors (Lipinski definition) is 3. The SMILES string of the molecule is C[C@H]1CCCC[C@@H]1NC(=O)c1cc(S(=O)(=O)N2CCCC2)cn1C. The van der Waals surface area contributed by atoms with Gasteiger partial charge in [-0.1, -0.05) is 19.8 Å². The first-order valence-electron chi connectivity index (χ1n) is 8.87. The van der Waals surface area contributed by atoms with Gasteiger partial charge in [-0.05, 0) is 37.7 Å². The zero-order chi connectivity index (χ0) is 17.3.